The molecule has 1 fully saturated rings. The fourth-order valence-corrected chi connectivity index (χ4v) is 2.28. The van der Waals surface area contributed by atoms with Crippen LogP contribution in [0, 0.1) is 23.7 Å². The van der Waals surface area contributed by atoms with Crippen LogP contribution in [0.25, 0.3) is 0 Å². The van der Waals surface area contributed by atoms with Crippen molar-refractivity contribution in [1.82, 2.24) is 9.88 Å². The lowest BCUT2D eigenvalue weighted by Gasteiger charge is -2.34. The largest absolute Gasteiger partial charge is 0.299 e. The first kappa shape index (κ1) is 12.1. The number of hydrogen-bond acceptors (Lipinski definition) is 3. The minimum absolute atomic E-state index is 0.110. The van der Waals surface area contributed by atoms with Crippen LogP contribution in [0.15, 0.2) is 18.5 Å². The second kappa shape index (κ2) is 4.85. The Morgan fingerprint density at radius 1 is 1.41 bits per heavy atom. The van der Waals surface area contributed by atoms with Gasteiger partial charge in [0.1, 0.15) is 0 Å². The molecule has 0 bridgehead atoms. The maximum absolute atomic E-state index is 9.08. The van der Waals surface area contributed by atoms with Gasteiger partial charge >= 0.3 is 0 Å². The fraction of sp³-hybridized carbons (Fsp3) is 0.571. The summed E-state index contributed by atoms with van der Waals surface area (Å²) in [6.45, 7) is 7.12. The van der Waals surface area contributed by atoms with Gasteiger partial charge in [-0.3, -0.25) is 9.88 Å². The molecule has 0 spiro atoms. The van der Waals surface area contributed by atoms with Crippen molar-refractivity contribution in [1.29, 1.82) is 5.26 Å². The first-order valence-corrected chi connectivity index (χ1v) is 6.15. The molecule has 1 aliphatic heterocycles. The highest BCUT2D eigenvalue weighted by molar-refractivity contribution is 5.16. The molecule has 90 valence electrons. The molecule has 0 aromatic carbocycles. The smallest absolute Gasteiger partial charge is 0.0687 e. The molecular formula is C14H19N3. The third-order valence-corrected chi connectivity index (χ3v) is 3.57. The van der Waals surface area contributed by atoms with Gasteiger partial charge in [0.2, 0.25) is 0 Å². The lowest BCUT2D eigenvalue weighted by Crippen LogP contribution is -2.37. The molecule has 0 aliphatic carbocycles. The Bertz CT molecular complexity index is 425. The summed E-state index contributed by atoms with van der Waals surface area (Å²) in [5.41, 5.74) is 2.37. The number of hydrogen-bond donors (Lipinski definition) is 0. The van der Waals surface area contributed by atoms with E-state index in [4.69, 9.17) is 5.26 Å². The van der Waals surface area contributed by atoms with E-state index in [2.05, 4.69) is 35.9 Å². The maximum Gasteiger partial charge on any atom is 0.0687 e. The molecule has 3 nitrogen and oxygen atoms in total. The van der Waals surface area contributed by atoms with Crippen molar-refractivity contribution < 1.29 is 0 Å². The molecule has 1 aliphatic rings. The Balaban J connectivity index is 1.93. The van der Waals surface area contributed by atoms with Gasteiger partial charge in [0.25, 0.3) is 0 Å². The van der Waals surface area contributed by atoms with Crippen molar-refractivity contribution in [2.75, 3.05) is 13.1 Å². The molecule has 2 heterocycles. The number of pyridine rings is 1. The van der Waals surface area contributed by atoms with E-state index in [1.807, 2.05) is 12.4 Å². The van der Waals surface area contributed by atoms with Crippen molar-refractivity contribution in [3.05, 3.63) is 29.6 Å². The van der Waals surface area contributed by atoms with Gasteiger partial charge in [0.05, 0.1) is 11.5 Å². The van der Waals surface area contributed by atoms with Crippen LogP contribution in [0.4, 0.5) is 0 Å². The highest BCUT2D eigenvalue weighted by Crippen LogP contribution is 2.30. The minimum Gasteiger partial charge on any atom is -0.299 e. The molecule has 0 radical (unpaired) electrons. The summed E-state index contributed by atoms with van der Waals surface area (Å²) in [7, 11) is 0. The molecule has 0 amide bonds. The number of piperidine rings is 1. The molecule has 0 unspecified atom stereocenters. The van der Waals surface area contributed by atoms with Gasteiger partial charge in [-0.1, -0.05) is 6.07 Å². The molecule has 0 atom stereocenters. The van der Waals surface area contributed by atoms with Crippen molar-refractivity contribution in [3.63, 3.8) is 0 Å². The van der Waals surface area contributed by atoms with Crippen LogP contribution in [0.3, 0.4) is 0 Å². The van der Waals surface area contributed by atoms with Gasteiger partial charge in [-0.2, -0.15) is 5.26 Å². The SMILES string of the molecule is Cc1cncc(CN2CCC(C)(C#N)CC2)c1. The Hall–Kier alpha value is -1.40. The van der Waals surface area contributed by atoms with E-state index >= 15 is 0 Å². The standard InChI is InChI=1S/C14H19N3/c1-12-7-13(9-16-8-12)10-17-5-3-14(2,11-15)4-6-17/h7-9H,3-6,10H2,1-2H3. The van der Waals surface area contributed by atoms with E-state index in [-0.39, 0.29) is 5.41 Å². The predicted octanol–water partition coefficient (Wildman–Crippen LogP) is 2.52. The van der Waals surface area contributed by atoms with Gasteiger partial charge in [0.15, 0.2) is 0 Å². The summed E-state index contributed by atoms with van der Waals surface area (Å²) in [5, 5.41) is 9.08. The molecule has 1 saturated heterocycles. The zero-order valence-corrected chi connectivity index (χ0v) is 10.6. The highest BCUT2D eigenvalue weighted by atomic mass is 15.1. The summed E-state index contributed by atoms with van der Waals surface area (Å²) in [5.74, 6) is 0. The fourth-order valence-electron chi connectivity index (χ4n) is 2.28. The van der Waals surface area contributed by atoms with Crippen LogP contribution >= 0.6 is 0 Å². The number of rotatable bonds is 2. The quantitative estimate of drug-likeness (QED) is 0.782. The average molecular weight is 229 g/mol. The zero-order valence-electron chi connectivity index (χ0n) is 10.6. The average Bonchev–Trinajstić information content (AvgIpc) is 2.33. The zero-order chi connectivity index (χ0) is 12.3. The third-order valence-electron chi connectivity index (χ3n) is 3.57. The van der Waals surface area contributed by atoms with Crippen molar-refractivity contribution in [2.45, 2.75) is 33.2 Å². The second-order valence-electron chi connectivity index (χ2n) is 5.32. The molecule has 0 saturated carbocycles. The van der Waals surface area contributed by atoms with E-state index in [9.17, 15) is 0 Å². The second-order valence-corrected chi connectivity index (χ2v) is 5.32. The van der Waals surface area contributed by atoms with Crippen LogP contribution in [-0.4, -0.2) is 23.0 Å². The first-order chi connectivity index (χ1) is 8.11. The van der Waals surface area contributed by atoms with E-state index in [0.29, 0.717) is 0 Å². The van der Waals surface area contributed by atoms with E-state index < -0.39 is 0 Å². The summed E-state index contributed by atoms with van der Waals surface area (Å²) < 4.78 is 0. The molecular weight excluding hydrogens is 210 g/mol. The van der Waals surface area contributed by atoms with Crippen LogP contribution < -0.4 is 0 Å². The number of nitriles is 1. The van der Waals surface area contributed by atoms with E-state index in [1.165, 1.54) is 11.1 Å². The van der Waals surface area contributed by atoms with Gasteiger partial charge < -0.3 is 0 Å². The summed E-state index contributed by atoms with van der Waals surface area (Å²) >= 11 is 0. The number of nitrogens with zero attached hydrogens (tertiary/aromatic N) is 3. The van der Waals surface area contributed by atoms with Crippen LogP contribution in [0.5, 0.6) is 0 Å². The van der Waals surface area contributed by atoms with Crippen LogP contribution in [-0.2, 0) is 6.54 Å². The first-order valence-electron chi connectivity index (χ1n) is 6.15. The summed E-state index contributed by atoms with van der Waals surface area (Å²) in [4.78, 5) is 6.63. The van der Waals surface area contributed by atoms with Crippen LogP contribution in [0.2, 0.25) is 0 Å². The minimum atomic E-state index is -0.110. The van der Waals surface area contributed by atoms with E-state index in [1.54, 1.807) is 0 Å². The Labute approximate surface area is 103 Å². The highest BCUT2D eigenvalue weighted by Gasteiger charge is 2.29. The Kier molecular flexibility index (Phi) is 3.44. The van der Waals surface area contributed by atoms with Gasteiger partial charge in [0, 0.05) is 18.9 Å². The lowest BCUT2D eigenvalue weighted by molar-refractivity contribution is 0.150. The molecule has 2 rings (SSSR count). The van der Waals surface area contributed by atoms with Gasteiger partial charge in [-0.15, -0.1) is 0 Å². The monoisotopic (exact) mass is 229 g/mol. The molecule has 17 heavy (non-hydrogen) atoms. The van der Waals surface area contributed by atoms with Gasteiger partial charge in [-0.05, 0) is 50.9 Å². The lowest BCUT2D eigenvalue weighted by atomic mass is 9.82. The van der Waals surface area contributed by atoms with Crippen LogP contribution in [0.1, 0.15) is 30.9 Å². The Morgan fingerprint density at radius 3 is 2.71 bits per heavy atom. The molecule has 1 aromatic rings. The van der Waals surface area contributed by atoms with Crippen molar-refractivity contribution in [3.8, 4) is 6.07 Å². The topological polar surface area (TPSA) is 39.9 Å². The van der Waals surface area contributed by atoms with Gasteiger partial charge in [-0.25, -0.2) is 0 Å². The predicted molar refractivity (Wildman–Crippen MR) is 67.2 cm³/mol. The number of aromatic nitrogens is 1. The maximum atomic E-state index is 9.08. The van der Waals surface area contributed by atoms with E-state index in [0.717, 1.165) is 32.5 Å². The van der Waals surface area contributed by atoms with Crippen molar-refractivity contribution in [2.24, 2.45) is 5.41 Å². The molecule has 1 aromatic heterocycles. The molecule has 3 heteroatoms. The number of likely N-dealkylation sites (tertiary alicyclic amines) is 1. The normalized spacial score (nSPS) is 19.8. The third kappa shape index (κ3) is 3.04. The van der Waals surface area contributed by atoms with Crippen molar-refractivity contribution >= 4 is 0 Å². The Morgan fingerprint density at radius 2 is 2.12 bits per heavy atom. The summed E-state index contributed by atoms with van der Waals surface area (Å²) in [6.07, 6.45) is 5.77. The summed E-state index contributed by atoms with van der Waals surface area (Å²) in [6, 6.07) is 4.62. The number of aryl methyl sites for hydroxylation is 1. The molecule has 0 N–H and O–H groups in total.